The minimum atomic E-state index is -0.445. The summed E-state index contributed by atoms with van der Waals surface area (Å²) in [6.07, 6.45) is 4.94. The van der Waals surface area contributed by atoms with Crippen LogP contribution >= 0.6 is 0 Å². The zero-order chi connectivity index (χ0) is 16.4. The van der Waals surface area contributed by atoms with Crippen LogP contribution in [0.5, 0.6) is 0 Å². The highest BCUT2D eigenvalue weighted by Gasteiger charge is 2.05. The molecule has 1 rings (SSSR count). The summed E-state index contributed by atoms with van der Waals surface area (Å²) < 4.78 is 9.95. The molecule has 0 aliphatic rings. The molecule has 0 bridgehead atoms. The van der Waals surface area contributed by atoms with Gasteiger partial charge in [-0.05, 0) is 54.8 Å². The van der Waals surface area contributed by atoms with Gasteiger partial charge in [-0.15, -0.1) is 0 Å². The summed E-state index contributed by atoms with van der Waals surface area (Å²) in [4.78, 5) is 22.5. The third-order valence-electron chi connectivity index (χ3n) is 2.73. The molecule has 1 N–H and O–H groups in total. The van der Waals surface area contributed by atoms with Crippen LogP contribution in [-0.4, -0.2) is 30.6 Å². The normalized spacial score (nSPS) is 11.5. The maximum Gasteiger partial charge on any atom is 0.330 e. The average molecular weight is 304 g/mol. The molecule has 5 heteroatoms. The molecule has 5 nitrogen and oxygen atoms in total. The fourth-order valence-corrected chi connectivity index (χ4v) is 1.76. The van der Waals surface area contributed by atoms with Crippen molar-refractivity contribution in [2.75, 3.05) is 13.2 Å². The maximum absolute atomic E-state index is 11.3. The first-order chi connectivity index (χ1) is 10.6. The van der Waals surface area contributed by atoms with Crippen molar-refractivity contribution in [3.63, 3.8) is 0 Å². The second kappa shape index (κ2) is 9.52. The number of esters is 1. The van der Waals surface area contributed by atoms with Crippen LogP contribution in [0.4, 0.5) is 0 Å². The van der Waals surface area contributed by atoms with Crippen molar-refractivity contribution in [2.24, 2.45) is 0 Å². The number of benzene rings is 1. The number of carbonyl (C=O) groups excluding carboxylic acids is 2. The Hall–Kier alpha value is -2.40. The number of aliphatic hydroxyl groups excluding tert-OH is 1. The molecule has 1 aromatic rings. The Morgan fingerprint density at radius 2 is 2.00 bits per heavy atom. The lowest BCUT2D eigenvalue weighted by atomic mass is 10.0. The van der Waals surface area contributed by atoms with Crippen LogP contribution in [0.15, 0.2) is 30.5 Å². The van der Waals surface area contributed by atoms with Gasteiger partial charge in [0, 0.05) is 6.08 Å². The number of hydrogen-bond donors (Lipinski definition) is 1. The Balaban J connectivity index is 3.12. The van der Waals surface area contributed by atoms with Crippen molar-refractivity contribution in [3.05, 3.63) is 47.2 Å². The molecule has 0 spiro atoms. The smallest absolute Gasteiger partial charge is 0.330 e. The van der Waals surface area contributed by atoms with E-state index in [0.29, 0.717) is 41.8 Å². The standard InChI is InChI=1S/C17H20O5/c1-3-21-12-16(11-19)15-8-13(7-14(9-15)10-18)5-6-17(20)22-4-2/h5-9,11-12,18H,3-4,10H2,1-2H3. The number of aldehydes is 1. The lowest BCUT2D eigenvalue weighted by Crippen LogP contribution is -1.99. The number of hydrogen-bond acceptors (Lipinski definition) is 5. The monoisotopic (exact) mass is 304 g/mol. The molecule has 0 amide bonds. The van der Waals surface area contributed by atoms with Crippen LogP contribution in [0.3, 0.4) is 0 Å². The Morgan fingerprint density at radius 3 is 2.59 bits per heavy atom. The second-order valence-electron chi connectivity index (χ2n) is 4.35. The topological polar surface area (TPSA) is 72.8 Å². The van der Waals surface area contributed by atoms with Gasteiger partial charge in [-0.1, -0.05) is 0 Å². The summed E-state index contributed by atoms with van der Waals surface area (Å²) in [5.41, 5.74) is 2.28. The van der Waals surface area contributed by atoms with Gasteiger partial charge in [0.05, 0.1) is 31.7 Å². The number of ether oxygens (including phenoxy) is 2. The SMILES string of the molecule is CCOC=C(C=O)c1cc(C=CC(=O)OCC)cc(CO)c1. The van der Waals surface area contributed by atoms with Gasteiger partial charge in [-0.25, -0.2) is 4.79 Å². The summed E-state index contributed by atoms with van der Waals surface area (Å²) in [5, 5.41) is 9.32. The van der Waals surface area contributed by atoms with Crippen LogP contribution in [0.1, 0.15) is 30.5 Å². The zero-order valence-electron chi connectivity index (χ0n) is 12.7. The molecule has 0 aliphatic carbocycles. The molecule has 1 aromatic carbocycles. The van der Waals surface area contributed by atoms with E-state index in [1.807, 2.05) is 6.92 Å². The third-order valence-corrected chi connectivity index (χ3v) is 2.73. The molecule has 0 atom stereocenters. The molecule has 0 unspecified atom stereocenters. The van der Waals surface area contributed by atoms with Crippen molar-refractivity contribution in [1.82, 2.24) is 0 Å². The number of aliphatic hydroxyl groups is 1. The van der Waals surface area contributed by atoms with Gasteiger partial charge in [0.25, 0.3) is 0 Å². The zero-order valence-corrected chi connectivity index (χ0v) is 12.7. The minimum Gasteiger partial charge on any atom is -0.501 e. The van der Waals surface area contributed by atoms with Gasteiger partial charge in [-0.2, -0.15) is 0 Å². The fraction of sp³-hybridized carbons (Fsp3) is 0.294. The first-order valence-electron chi connectivity index (χ1n) is 7.01. The molecule has 0 saturated carbocycles. The first kappa shape index (κ1) is 17.7. The Bertz CT molecular complexity index is 572. The van der Waals surface area contributed by atoms with Crippen molar-refractivity contribution in [3.8, 4) is 0 Å². The highest BCUT2D eigenvalue weighted by Crippen LogP contribution is 2.19. The van der Waals surface area contributed by atoms with Crippen LogP contribution in [-0.2, 0) is 25.7 Å². The van der Waals surface area contributed by atoms with E-state index in [9.17, 15) is 14.7 Å². The first-order valence-corrected chi connectivity index (χ1v) is 7.01. The number of allylic oxidation sites excluding steroid dienone is 1. The van der Waals surface area contributed by atoms with Crippen molar-refractivity contribution in [1.29, 1.82) is 0 Å². The van der Waals surface area contributed by atoms with E-state index in [2.05, 4.69) is 0 Å². The van der Waals surface area contributed by atoms with Gasteiger partial charge < -0.3 is 14.6 Å². The highest BCUT2D eigenvalue weighted by atomic mass is 16.5. The summed E-state index contributed by atoms with van der Waals surface area (Å²) >= 11 is 0. The molecule has 0 aliphatic heterocycles. The van der Waals surface area contributed by atoms with Gasteiger partial charge in [0.2, 0.25) is 0 Å². The minimum absolute atomic E-state index is 0.172. The lowest BCUT2D eigenvalue weighted by molar-refractivity contribution is -0.137. The summed E-state index contributed by atoms with van der Waals surface area (Å²) in [5.74, 6) is -0.445. The summed E-state index contributed by atoms with van der Waals surface area (Å²) in [7, 11) is 0. The van der Waals surface area contributed by atoms with Crippen molar-refractivity contribution >= 4 is 23.9 Å². The maximum atomic E-state index is 11.3. The quantitative estimate of drug-likeness (QED) is 0.345. The molecule has 0 aromatic heterocycles. The van der Waals surface area contributed by atoms with E-state index >= 15 is 0 Å². The van der Waals surface area contributed by atoms with Gasteiger partial charge in [-0.3, -0.25) is 4.79 Å². The second-order valence-corrected chi connectivity index (χ2v) is 4.35. The van der Waals surface area contributed by atoms with Crippen LogP contribution in [0, 0.1) is 0 Å². The van der Waals surface area contributed by atoms with Gasteiger partial charge >= 0.3 is 5.97 Å². The van der Waals surface area contributed by atoms with Crippen LogP contribution in [0.25, 0.3) is 11.6 Å². The van der Waals surface area contributed by atoms with E-state index in [1.165, 1.54) is 12.3 Å². The molecule has 0 radical (unpaired) electrons. The number of rotatable bonds is 8. The highest BCUT2D eigenvalue weighted by molar-refractivity contribution is 6.06. The fourth-order valence-electron chi connectivity index (χ4n) is 1.76. The molecule has 0 saturated heterocycles. The van der Waals surface area contributed by atoms with Gasteiger partial charge in [0.1, 0.15) is 0 Å². The third kappa shape index (κ3) is 5.54. The predicted octanol–water partition coefficient (Wildman–Crippen LogP) is 2.33. The van der Waals surface area contributed by atoms with E-state index in [1.54, 1.807) is 31.2 Å². The van der Waals surface area contributed by atoms with E-state index in [4.69, 9.17) is 9.47 Å². The van der Waals surface area contributed by atoms with E-state index < -0.39 is 5.97 Å². The van der Waals surface area contributed by atoms with Crippen LogP contribution < -0.4 is 0 Å². The molecule has 0 heterocycles. The average Bonchev–Trinajstić information content (AvgIpc) is 2.53. The summed E-state index contributed by atoms with van der Waals surface area (Å²) in [6.45, 7) is 4.13. The molecule has 0 fully saturated rings. The lowest BCUT2D eigenvalue weighted by Gasteiger charge is -2.06. The number of carbonyl (C=O) groups is 2. The van der Waals surface area contributed by atoms with Gasteiger partial charge in [0.15, 0.2) is 6.29 Å². The summed E-state index contributed by atoms with van der Waals surface area (Å²) in [6, 6.07) is 5.15. The molecule has 118 valence electrons. The van der Waals surface area contributed by atoms with E-state index in [0.717, 1.165) is 0 Å². The molecule has 22 heavy (non-hydrogen) atoms. The van der Waals surface area contributed by atoms with E-state index in [-0.39, 0.29) is 6.61 Å². The Labute approximate surface area is 129 Å². The predicted molar refractivity (Wildman–Crippen MR) is 83.7 cm³/mol. The van der Waals surface area contributed by atoms with Crippen molar-refractivity contribution < 1.29 is 24.2 Å². The Kier molecular flexibility index (Phi) is 7.64. The molecular weight excluding hydrogens is 284 g/mol. The molecular formula is C17H20O5. The largest absolute Gasteiger partial charge is 0.501 e. The Morgan fingerprint density at radius 1 is 1.23 bits per heavy atom. The van der Waals surface area contributed by atoms with Crippen molar-refractivity contribution in [2.45, 2.75) is 20.5 Å². The van der Waals surface area contributed by atoms with Crippen LogP contribution in [0.2, 0.25) is 0 Å².